The smallest absolute Gasteiger partial charge is 0.326 e. The zero-order chi connectivity index (χ0) is 13.0. The molecule has 1 atom stereocenters. The van der Waals surface area contributed by atoms with Gasteiger partial charge in [0, 0.05) is 5.69 Å². The molecule has 1 rings (SSSR count). The Bertz CT molecular complexity index is 412. The molecule has 6 nitrogen and oxygen atoms in total. The maximum absolute atomic E-state index is 11.8. The SMILES string of the molecule is Cc1[nH]ncc1C(=O)N[C@@H](CC(C)C)C(=O)O. The van der Waals surface area contributed by atoms with Gasteiger partial charge in [0.25, 0.3) is 5.91 Å². The molecule has 0 spiro atoms. The highest BCUT2D eigenvalue weighted by molar-refractivity contribution is 5.97. The number of hydrogen-bond acceptors (Lipinski definition) is 3. The van der Waals surface area contributed by atoms with Crippen molar-refractivity contribution in [2.75, 3.05) is 0 Å². The quantitative estimate of drug-likeness (QED) is 0.712. The third-order valence-corrected chi connectivity index (χ3v) is 2.39. The molecule has 1 aromatic heterocycles. The van der Waals surface area contributed by atoms with Gasteiger partial charge in [0.2, 0.25) is 0 Å². The van der Waals surface area contributed by atoms with Crippen LogP contribution in [0, 0.1) is 12.8 Å². The number of aryl methyl sites for hydroxylation is 1. The van der Waals surface area contributed by atoms with Gasteiger partial charge in [-0.15, -0.1) is 0 Å². The first kappa shape index (κ1) is 13.2. The fraction of sp³-hybridized carbons (Fsp3) is 0.545. The number of aromatic nitrogens is 2. The van der Waals surface area contributed by atoms with Crippen LogP contribution in [0.2, 0.25) is 0 Å². The number of carboxylic acids is 1. The molecule has 6 heteroatoms. The average Bonchev–Trinajstić information content (AvgIpc) is 2.62. The molecule has 0 fully saturated rings. The van der Waals surface area contributed by atoms with Crippen LogP contribution in [0.1, 0.15) is 36.3 Å². The van der Waals surface area contributed by atoms with E-state index in [1.54, 1.807) is 6.92 Å². The standard InChI is InChI=1S/C11H17N3O3/c1-6(2)4-9(11(16)17)13-10(15)8-5-12-14-7(8)3/h5-6,9H,4H2,1-3H3,(H,12,14)(H,13,15)(H,16,17)/t9-/m0/s1. The van der Waals surface area contributed by atoms with Gasteiger partial charge in [-0.2, -0.15) is 5.10 Å². The number of carbonyl (C=O) groups is 2. The van der Waals surface area contributed by atoms with E-state index >= 15 is 0 Å². The number of amides is 1. The minimum absolute atomic E-state index is 0.196. The van der Waals surface area contributed by atoms with Crippen molar-refractivity contribution in [2.45, 2.75) is 33.2 Å². The second-order valence-corrected chi connectivity index (χ2v) is 4.40. The average molecular weight is 239 g/mol. The minimum atomic E-state index is -1.02. The van der Waals surface area contributed by atoms with E-state index in [-0.39, 0.29) is 5.92 Å². The molecule has 1 amide bonds. The molecule has 0 saturated heterocycles. The van der Waals surface area contributed by atoms with Gasteiger partial charge in [-0.3, -0.25) is 9.89 Å². The van der Waals surface area contributed by atoms with E-state index in [1.165, 1.54) is 6.20 Å². The summed E-state index contributed by atoms with van der Waals surface area (Å²) in [6.45, 7) is 5.52. The van der Waals surface area contributed by atoms with E-state index in [2.05, 4.69) is 15.5 Å². The molecule has 3 N–H and O–H groups in total. The third-order valence-electron chi connectivity index (χ3n) is 2.39. The maximum atomic E-state index is 11.8. The second-order valence-electron chi connectivity index (χ2n) is 4.40. The van der Waals surface area contributed by atoms with Gasteiger partial charge < -0.3 is 10.4 Å². The largest absolute Gasteiger partial charge is 0.480 e. The van der Waals surface area contributed by atoms with Crippen molar-refractivity contribution in [3.63, 3.8) is 0 Å². The monoisotopic (exact) mass is 239 g/mol. The first-order valence-corrected chi connectivity index (χ1v) is 5.45. The lowest BCUT2D eigenvalue weighted by molar-refractivity contribution is -0.139. The van der Waals surface area contributed by atoms with Crippen molar-refractivity contribution in [2.24, 2.45) is 5.92 Å². The number of rotatable bonds is 5. The molecule has 0 aliphatic rings. The maximum Gasteiger partial charge on any atom is 0.326 e. The number of carboxylic acid groups (broad SMARTS) is 1. The summed E-state index contributed by atoms with van der Waals surface area (Å²) in [5, 5.41) is 17.8. The topological polar surface area (TPSA) is 95.1 Å². The molecule has 0 radical (unpaired) electrons. The summed E-state index contributed by atoms with van der Waals surface area (Å²) < 4.78 is 0. The van der Waals surface area contributed by atoms with Crippen LogP contribution in [0.5, 0.6) is 0 Å². The fourth-order valence-electron chi connectivity index (χ4n) is 1.51. The van der Waals surface area contributed by atoms with Gasteiger partial charge in [0.1, 0.15) is 6.04 Å². The van der Waals surface area contributed by atoms with Crippen LogP contribution in [0.3, 0.4) is 0 Å². The van der Waals surface area contributed by atoms with E-state index in [4.69, 9.17) is 5.11 Å². The Morgan fingerprint density at radius 2 is 2.18 bits per heavy atom. The van der Waals surface area contributed by atoms with E-state index in [1.807, 2.05) is 13.8 Å². The minimum Gasteiger partial charge on any atom is -0.480 e. The van der Waals surface area contributed by atoms with Gasteiger partial charge in [0.15, 0.2) is 0 Å². The molecule has 0 bridgehead atoms. The Morgan fingerprint density at radius 3 is 2.59 bits per heavy atom. The van der Waals surface area contributed by atoms with Crippen LogP contribution in [0.25, 0.3) is 0 Å². The van der Waals surface area contributed by atoms with Gasteiger partial charge in [-0.05, 0) is 19.3 Å². The van der Waals surface area contributed by atoms with Gasteiger partial charge in [-0.25, -0.2) is 4.79 Å². The summed E-state index contributed by atoms with van der Waals surface area (Å²) in [5.74, 6) is -1.24. The number of hydrogen-bond donors (Lipinski definition) is 3. The number of carbonyl (C=O) groups excluding carboxylic acids is 1. The molecule has 1 aromatic rings. The third kappa shape index (κ3) is 3.58. The molecule has 94 valence electrons. The molecule has 17 heavy (non-hydrogen) atoms. The number of aromatic amines is 1. The Labute approximate surface area is 99.4 Å². The zero-order valence-corrected chi connectivity index (χ0v) is 10.2. The van der Waals surface area contributed by atoms with Crippen LogP contribution in [-0.4, -0.2) is 33.2 Å². The number of aliphatic carboxylic acids is 1. The molecule has 0 aromatic carbocycles. The lowest BCUT2D eigenvalue weighted by Crippen LogP contribution is -2.41. The second kappa shape index (κ2) is 5.47. The van der Waals surface area contributed by atoms with E-state index in [0.717, 1.165) is 0 Å². The van der Waals surface area contributed by atoms with Crippen LogP contribution in [0.4, 0.5) is 0 Å². The lowest BCUT2D eigenvalue weighted by Gasteiger charge is -2.16. The molecule has 0 aliphatic heterocycles. The summed E-state index contributed by atoms with van der Waals surface area (Å²) in [6.07, 6.45) is 1.79. The Morgan fingerprint density at radius 1 is 1.53 bits per heavy atom. The summed E-state index contributed by atoms with van der Waals surface area (Å²) in [5.41, 5.74) is 0.996. The highest BCUT2D eigenvalue weighted by atomic mass is 16.4. The number of H-pyrrole nitrogens is 1. The molecule has 0 unspecified atom stereocenters. The van der Waals surface area contributed by atoms with Gasteiger partial charge >= 0.3 is 5.97 Å². The Kier molecular flexibility index (Phi) is 4.25. The first-order valence-electron chi connectivity index (χ1n) is 5.45. The Hall–Kier alpha value is -1.85. The van der Waals surface area contributed by atoms with Crippen LogP contribution < -0.4 is 5.32 Å². The fourth-order valence-corrected chi connectivity index (χ4v) is 1.51. The first-order chi connectivity index (χ1) is 7.91. The highest BCUT2D eigenvalue weighted by Gasteiger charge is 2.22. The van der Waals surface area contributed by atoms with Crippen molar-refractivity contribution >= 4 is 11.9 Å². The highest BCUT2D eigenvalue weighted by Crippen LogP contribution is 2.08. The normalized spacial score (nSPS) is 12.5. The molecular formula is C11H17N3O3. The van der Waals surface area contributed by atoms with Crippen molar-refractivity contribution in [1.29, 1.82) is 0 Å². The zero-order valence-electron chi connectivity index (χ0n) is 10.2. The van der Waals surface area contributed by atoms with E-state index < -0.39 is 17.9 Å². The van der Waals surface area contributed by atoms with Crippen molar-refractivity contribution < 1.29 is 14.7 Å². The van der Waals surface area contributed by atoms with Crippen LogP contribution in [-0.2, 0) is 4.79 Å². The van der Waals surface area contributed by atoms with E-state index in [9.17, 15) is 9.59 Å². The molecule has 0 aliphatic carbocycles. The van der Waals surface area contributed by atoms with Gasteiger partial charge in [0.05, 0.1) is 11.8 Å². The Balaban J connectivity index is 2.71. The van der Waals surface area contributed by atoms with Crippen molar-refractivity contribution in [1.82, 2.24) is 15.5 Å². The predicted molar refractivity (Wildman–Crippen MR) is 61.7 cm³/mol. The molecular weight excluding hydrogens is 222 g/mol. The van der Waals surface area contributed by atoms with Crippen molar-refractivity contribution in [3.05, 3.63) is 17.5 Å². The predicted octanol–water partition coefficient (Wildman–Crippen LogP) is 0.947. The van der Waals surface area contributed by atoms with E-state index in [0.29, 0.717) is 17.7 Å². The number of nitrogens with zero attached hydrogens (tertiary/aromatic N) is 1. The summed E-state index contributed by atoms with van der Waals surface area (Å²) in [6, 6.07) is -0.864. The van der Waals surface area contributed by atoms with Crippen LogP contribution in [0.15, 0.2) is 6.20 Å². The lowest BCUT2D eigenvalue weighted by atomic mass is 10.0. The summed E-state index contributed by atoms with van der Waals surface area (Å²) >= 11 is 0. The summed E-state index contributed by atoms with van der Waals surface area (Å²) in [7, 11) is 0. The molecule has 0 saturated carbocycles. The molecule has 1 heterocycles. The van der Waals surface area contributed by atoms with Crippen molar-refractivity contribution in [3.8, 4) is 0 Å². The van der Waals surface area contributed by atoms with Gasteiger partial charge in [-0.1, -0.05) is 13.8 Å². The number of nitrogens with one attached hydrogen (secondary N) is 2. The summed E-state index contributed by atoms with van der Waals surface area (Å²) in [4.78, 5) is 22.8. The van der Waals surface area contributed by atoms with Crippen LogP contribution >= 0.6 is 0 Å².